The van der Waals surface area contributed by atoms with Crippen LogP contribution in [0.3, 0.4) is 0 Å². The van der Waals surface area contributed by atoms with Crippen molar-refractivity contribution < 1.29 is 1.37 Å². The minimum absolute atomic E-state index is 0.612. The summed E-state index contributed by atoms with van der Waals surface area (Å²) in [6, 6.07) is 12.7. The van der Waals surface area contributed by atoms with Crippen molar-refractivity contribution in [2.45, 2.75) is 0 Å². The van der Waals surface area contributed by atoms with E-state index < -0.39 is 0 Å². The van der Waals surface area contributed by atoms with Crippen LogP contribution in [0.15, 0.2) is 46.9 Å². The molecule has 68 valence electrons. The molecule has 3 aromatic rings. The molecule has 0 spiro atoms. The lowest BCUT2D eigenvalue weighted by molar-refractivity contribution is 1.80. The van der Waals surface area contributed by atoms with E-state index in [0.717, 1.165) is 9.17 Å². The topological polar surface area (TPSA) is 0 Å². The average molecular weight is 264 g/mol. The summed E-state index contributed by atoms with van der Waals surface area (Å²) in [5.74, 6) is 0. The van der Waals surface area contributed by atoms with Crippen LogP contribution in [0.1, 0.15) is 1.37 Å². The zero-order valence-corrected chi connectivity index (χ0v) is 9.65. The van der Waals surface area contributed by atoms with E-state index >= 15 is 0 Å². The minimum atomic E-state index is 0.612. The van der Waals surface area contributed by atoms with E-state index in [2.05, 4.69) is 28.1 Å². The molecule has 2 heteroatoms. The molecule has 0 unspecified atom stereocenters. The lowest BCUT2D eigenvalue weighted by Gasteiger charge is -1.92. The number of hydrogen-bond acceptors (Lipinski definition) is 1. The maximum Gasteiger partial charge on any atom is 0.0638 e. The molecule has 0 saturated carbocycles. The standard InChI is InChI=1S/C12H7BrS/c13-10-6-3-5-9-8-4-1-2-7-11(8)14-12(9)10/h1-7H/i7D. The second-order valence-corrected chi connectivity index (χ2v) is 5.01. The minimum Gasteiger partial charge on any atom is -0.134 e. The van der Waals surface area contributed by atoms with Crippen molar-refractivity contribution in [2.24, 2.45) is 0 Å². The Morgan fingerprint density at radius 1 is 1.07 bits per heavy atom. The molecular weight excluding hydrogens is 256 g/mol. The van der Waals surface area contributed by atoms with Crippen molar-refractivity contribution in [1.29, 1.82) is 0 Å². The van der Waals surface area contributed by atoms with Crippen LogP contribution in [-0.4, -0.2) is 0 Å². The second-order valence-electron chi connectivity index (χ2n) is 3.13. The highest BCUT2D eigenvalue weighted by Gasteiger charge is 2.05. The predicted octanol–water partition coefficient (Wildman–Crippen LogP) is 4.82. The van der Waals surface area contributed by atoms with Crippen LogP contribution in [0.25, 0.3) is 20.2 Å². The molecule has 0 saturated heterocycles. The largest absolute Gasteiger partial charge is 0.134 e. The van der Waals surface area contributed by atoms with Gasteiger partial charge in [-0.2, -0.15) is 0 Å². The third-order valence-corrected chi connectivity index (χ3v) is 4.39. The fraction of sp³-hybridized carbons (Fsp3) is 0. The zero-order valence-electron chi connectivity index (χ0n) is 8.25. The van der Waals surface area contributed by atoms with Gasteiger partial charge in [0.2, 0.25) is 0 Å². The third-order valence-electron chi connectivity index (χ3n) is 2.28. The Balaban J connectivity index is 2.63. The van der Waals surface area contributed by atoms with Gasteiger partial charge in [-0.25, -0.2) is 0 Å². The molecule has 0 aliphatic carbocycles. The maximum absolute atomic E-state index is 7.86. The summed E-state index contributed by atoms with van der Waals surface area (Å²) in [6.07, 6.45) is 0. The van der Waals surface area contributed by atoms with Crippen LogP contribution in [-0.2, 0) is 0 Å². The van der Waals surface area contributed by atoms with E-state index in [-0.39, 0.29) is 0 Å². The Kier molecular flexibility index (Phi) is 1.63. The molecule has 2 aromatic carbocycles. The van der Waals surface area contributed by atoms with Crippen molar-refractivity contribution in [3.8, 4) is 0 Å². The van der Waals surface area contributed by atoms with Gasteiger partial charge in [-0.1, -0.05) is 30.3 Å². The number of hydrogen-bond donors (Lipinski definition) is 0. The lowest BCUT2D eigenvalue weighted by atomic mass is 10.2. The van der Waals surface area contributed by atoms with E-state index in [1.54, 1.807) is 11.3 Å². The van der Waals surface area contributed by atoms with Crippen LogP contribution in [0, 0.1) is 0 Å². The van der Waals surface area contributed by atoms with Crippen molar-refractivity contribution in [1.82, 2.24) is 0 Å². The highest BCUT2D eigenvalue weighted by Crippen LogP contribution is 2.37. The number of thiophene rings is 1. The van der Waals surface area contributed by atoms with Gasteiger partial charge in [0, 0.05) is 24.6 Å². The van der Waals surface area contributed by atoms with Gasteiger partial charge in [0.1, 0.15) is 0 Å². The van der Waals surface area contributed by atoms with Crippen molar-refractivity contribution >= 4 is 47.4 Å². The second kappa shape index (κ2) is 3.07. The first-order valence-corrected chi connectivity index (χ1v) is 5.94. The molecule has 0 fully saturated rings. The van der Waals surface area contributed by atoms with Crippen LogP contribution in [0.2, 0.25) is 0 Å². The summed E-state index contributed by atoms with van der Waals surface area (Å²) in [6.45, 7) is 0. The first kappa shape index (κ1) is 7.43. The first-order chi connectivity index (χ1) is 7.27. The molecule has 1 aromatic heterocycles. The van der Waals surface area contributed by atoms with Crippen LogP contribution in [0.4, 0.5) is 0 Å². The molecule has 0 aliphatic rings. The summed E-state index contributed by atoms with van der Waals surface area (Å²) in [4.78, 5) is 0. The van der Waals surface area contributed by atoms with Gasteiger partial charge in [0.15, 0.2) is 0 Å². The lowest BCUT2D eigenvalue weighted by Crippen LogP contribution is -1.65. The molecule has 0 radical (unpaired) electrons. The van der Waals surface area contributed by atoms with E-state index in [0.29, 0.717) is 6.04 Å². The van der Waals surface area contributed by atoms with E-state index in [4.69, 9.17) is 1.37 Å². The normalized spacial score (nSPS) is 12.2. The molecule has 0 amide bonds. The Bertz CT molecular complexity index is 601. The van der Waals surface area contributed by atoms with Crippen molar-refractivity contribution in [2.75, 3.05) is 0 Å². The molecule has 3 rings (SSSR count). The molecule has 0 N–H and O–H groups in total. The molecule has 1 heterocycles. The Hall–Kier alpha value is -0.860. The van der Waals surface area contributed by atoms with Crippen molar-refractivity contribution in [3.05, 3.63) is 46.9 Å². The summed E-state index contributed by atoms with van der Waals surface area (Å²) in [5.41, 5.74) is 0. The summed E-state index contributed by atoms with van der Waals surface area (Å²) >= 11 is 5.23. The number of fused-ring (bicyclic) bond motifs is 3. The van der Waals surface area contributed by atoms with Gasteiger partial charge in [-0.05, 0) is 28.0 Å². The predicted molar refractivity (Wildman–Crippen MR) is 67.0 cm³/mol. The fourth-order valence-electron chi connectivity index (χ4n) is 1.64. The first-order valence-electron chi connectivity index (χ1n) is 4.84. The third kappa shape index (κ3) is 1.11. The Morgan fingerprint density at radius 2 is 1.93 bits per heavy atom. The Morgan fingerprint density at radius 3 is 2.86 bits per heavy atom. The van der Waals surface area contributed by atoms with E-state index in [1.807, 2.05) is 24.3 Å². The van der Waals surface area contributed by atoms with Gasteiger partial charge in [-0.3, -0.25) is 0 Å². The number of rotatable bonds is 0. The fourth-order valence-corrected chi connectivity index (χ4v) is 3.33. The summed E-state index contributed by atoms with van der Waals surface area (Å²) < 4.78 is 11.3. The monoisotopic (exact) mass is 263 g/mol. The van der Waals surface area contributed by atoms with Gasteiger partial charge < -0.3 is 0 Å². The van der Waals surface area contributed by atoms with Gasteiger partial charge in [-0.15, -0.1) is 11.3 Å². The van der Waals surface area contributed by atoms with Crippen LogP contribution >= 0.6 is 27.3 Å². The molecule has 0 atom stereocenters. The van der Waals surface area contributed by atoms with Gasteiger partial charge in [0.25, 0.3) is 0 Å². The van der Waals surface area contributed by atoms with Gasteiger partial charge >= 0.3 is 0 Å². The highest BCUT2D eigenvalue weighted by atomic mass is 79.9. The van der Waals surface area contributed by atoms with Crippen molar-refractivity contribution in [3.63, 3.8) is 0 Å². The van der Waals surface area contributed by atoms with E-state index in [1.165, 1.54) is 15.5 Å². The molecule has 0 nitrogen and oxygen atoms in total. The zero-order chi connectivity index (χ0) is 10.4. The number of benzene rings is 2. The average Bonchev–Trinajstić information content (AvgIpc) is 2.60. The van der Waals surface area contributed by atoms with Crippen LogP contribution in [0.5, 0.6) is 0 Å². The molecule has 0 aliphatic heterocycles. The molecule has 14 heavy (non-hydrogen) atoms. The summed E-state index contributed by atoms with van der Waals surface area (Å²) in [5, 5.41) is 2.42. The smallest absolute Gasteiger partial charge is 0.0638 e. The highest BCUT2D eigenvalue weighted by molar-refractivity contribution is 9.10. The van der Waals surface area contributed by atoms with Gasteiger partial charge in [0.05, 0.1) is 1.37 Å². The molecular formula is C12H7BrS. The molecule has 0 bridgehead atoms. The van der Waals surface area contributed by atoms with E-state index in [9.17, 15) is 0 Å². The number of halogens is 1. The Labute approximate surface area is 95.7 Å². The summed E-state index contributed by atoms with van der Waals surface area (Å²) in [7, 11) is 0. The maximum atomic E-state index is 7.86. The SMILES string of the molecule is [2H]c1cccc2c1sc1c(Br)cccc12. The van der Waals surface area contributed by atoms with Crippen LogP contribution < -0.4 is 0 Å². The quantitative estimate of drug-likeness (QED) is 0.546.